The number of hydrogen-bond donors (Lipinski definition) is 2. The van der Waals surface area contributed by atoms with E-state index in [0.717, 1.165) is 37.4 Å². The summed E-state index contributed by atoms with van der Waals surface area (Å²) in [5.41, 5.74) is 0.444. The Morgan fingerprint density at radius 1 is 1.10 bits per heavy atom. The Labute approximate surface area is 171 Å². The van der Waals surface area contributed by atoms with Crippen LogP contribution in [0.25, 0.3) is 6.08 Å². The van der Waals surface area contributed by atoms with Crippen LogP contribution in [0.5, 0.6) is 0 Å². The number of rotatable bonds is 5. The van der Waals surface area contributed by atoms with Crippen LogP contribution >= 0.6 is 0 Å². The Bertz CT molecular complexity index is 794. The molecule has 29 heavy (non-hydrogen) atoms. The molecule has 4 rings (SSSR count). The van der Waals surface area contributed by atoms with Crippen LogP contribution in [-0.2, 0) is 9.59 Å². The van der Waals surface area contributed by atoms with Crippen LogP contribution in [0.3, 0.4) is 0 Å². The highest BCUT2D eigenvalue weighted by molar-refractivity contribution is 6.09. The minimum atomic E-state index is -0.745. The lowest BCUT2D eigenvalue weighted by molar-refractivity contribution is -0.898. The Morgan fingerprint density at radius 2 is 1.79 bits per heavy atom. The molecule has 0 bridgehead atoms. The van der Waals surface area contributed by atoms with E-state index in [1.54, 1.807) is 4.90 Å². The summed E-state index contributed by atoms with van der Waals surface area (Å²) in [5, 5.41) is 2.84. The number of imide groups is 1. The van der Waals surface area contributed by atoms with E-state index < -0.39 is 11.6 Å². The summed E-state index contributed by atoms with van der Waals surface area (Å²) >= 11 is 0. The van der Waals surface area contributed by atoms with Crippen molar-refractivity contribution < 1.29 is 19.3 Å². The highest BCUT2D eigenvalue weighted by Crippen LogP contribution is 2.34. The molecule has 1 saturated carbocycles. The molecule has 2 N–H and O–H groups in total. The van der Waals surface area contributed by atoms with Gasteiger partial charge in [0.05, 0.1) is 32.7 Å². The van der Waals surface area contributed by atoms with Gasteiger partial charge in [-0.15, -0.1) is 0 Å². The van der Waals surface area contributed by atoms with Gasteiger partial charge in [-0.1, -0.05) is 49.2 Å². The number of urea groups is 1. The fourth-order valence-electron chi connectivity index (χ4n) is 4.57. The van der Waals surface area contributed by atoms with E-state index in [1.165, 1.54) is 10.5 Å². The van der Waals surface area contributed by atoms with Gasteiger partial charge in [0.1, 0.15) is 12.1 Å². The van der Waals surface area contributed by atoms with Crippen molar-refractivity contribution in [3.8, 4) is 0 Å². The van der Waals surface area contributed by atoms with E-state index in [9.17, 15) is 14.4 Å². The van der Waals surface area contributed by atoms with Crippen LogP contribution in [0.1, 0.15) is 31.2 Å². The predicted octanol–water partition coefficient (Wildman–Crippen LogP) is 0.292. The number of amides is 4. The molecule has 0 radical (unpaired) electrons. The molecular weight excluding hydrogens is 368 g/mol. The summed E-state index contributed by atoms with van der Waals surface area (Å²) in [5.74, 6) is -0.355. The molecule has 0 aromatic heterocycles. The third kappa shape index (κ3) is 4.19. The summed E-state index contributed by atoms with van der Waals surface area (Å²) in [6.07, 6.45) is 7.55. The number of nitrogens with one attached hydrogen (secondary N) is 2. The van der Waals surface area contributed by atoms with E-state index in [1.807, 2.05) is 18.2 Å². The van der Waals surface area contributed by atoms with Crippen LogP contribution < -0.4 is 10.2 Å². The van der Waals surface area contributed by atoms with Crippen LogP contribution in [0.4, 0.5) is 4.79 Å². The van der Waals surface area contributed by atoms with Crippen molar-refractivity contribution in [2.45, 2.75) is 31.2 Å². The Hall–Kier alpha value is -2.67. The van der Waals surface area contributed by atoms with Crippen molar-refractivity contribution in [1.29, 1.82) is 0 Å². The van der Waals surface area contributed by atoms with Gasteiger partial charge in [0.15, 0.2) is 0 Å². The van der Waals surface area contributed by atoms with Crippen LogP contribution in [0.15, 0.2) is 36.4 Å². The maximum atomic E-state index is 12.7. The Balaban J connectivity index is 1.24. The predicted molar refractivity (Wildman–Crippen MR) is 109 cm³/mol. The molecule has 3 aliphatic rings. The maximum Gasteiger partial charge on any atom is 0.325 e. The average Bonchev–Trinajstić information content (AvgIpc) is 3.30. The molecule has 4 amide bonds. The zero-order valence-electron chi connectivity index (χ0n) is 16.7. The quantitative estimate of drug-likeness (QED) is 0.702. The van der Waals surface area contributed by atoms with Gasteiger partial charge in [-0.05, 0) is 24.5 Å². The molecular formula is C22H29N4O3+. The lowest BCUT2D eigenvalue weighted by Crippen LogP contribution is -3.14. The van der Waals surface area contributed by atoms with Gasteiger partial charge >= 0.3 is 6.03 Å². The zero-order valence-corrected chi connectivity index (χ0v) is 16.7. The van der Waals surface area contributed by atoms with Gasteiger partial charge in [-0.3, -0.25) is 14.5 Å². The number of hydrogen-bond acceptors (Lipinski definition) is 3. The number of carbonyl (C=O) groups excluding carboxylic acids is 3. The van der Waals surface area contributed by atoms with Gasteiger partial charge in [0, 0.05) is 0 Å². The summed E-state index contributed by atoms with van der Waals surface area (Å²) in [6, 6.07) is 9.79. The van der Waals surface area contributed by atoms with E-state index in [0.29, 0.717) is 25.9 Å². The topological polar surface area (TPSA) is 74.2 Å². The second-order valence-corrected chi connectivity index (χ2v) is 8.26. The molecule has 1 spiro atoms. The molecule has 0 unspecified atom stereocenters. The summed E-state index contributed by atoms with van der Waals surface area (Å²) in [6.45, 7) is 3.83. The molecule has 7 heteroatoms. The zero-order chi connectivity index (χ0) is 20.3. The minimum Gasteiger partial charge on any atom is -0.330 e. The third-order valence-corrected chi connectivity index (χ3v) is 6.34. The summed E-state index contributed by atoms with van der Waals surface area (Å²) in [7, 11) is 0. The monoisotopic (exact) mass is 397 g/mol. The SMILES string of the molecule is O=C(CN1C(=O)NC2(CCCC2)C1=O)N1CC[NH+](C/C=C/c2ccccc2)CC1. The van der Waals surface area contributed by atoms with Gasteiger partial charge < -0.3 is 15.1 Å². The third-order valence-electron chi connectivity index (χ3n) is 6.34. The van der Waals surface area contributed by atoms with E-state index in [-0.39, 0.29) is 18.4 Å². The van der Waals surface area contributed by atoms with E-state index >= 15 is 0 Å². The molecule has 7 nitrogen and oxygen atoms in total. The second-order valence-electron chi connectivity index (χ2n) is 8.26. The molecule has 3 fully saturated rings. The van der Waals surface area contributed by atoms with Crippen molar-refractivity contribution in [2.24, 2.45) is 0 Å². The highest BCUT2D eigenvalue weighted by atomic mass is 16.2. The average molecular weight is 397 g/mol. The number of piperazine rings is 1. The lowest BCUT2D eigenvalue weighted by atomic mass is 9.98. The van der Waals surface area contributed by atoms with Crippen molar-refractivity contribution in [3.05, 3.63) is 42.0 Å². The van der Waals surface area contributed by atoms with Crippen molar-refractivity contribution in [1.82, 2.24) is 15.1 Å². The first-order valence-corrected chi connectivity index (χ1v) is 10.5. The van der Waals surface area contributed by atoms with E-state index in [2.05, 4.69) is 29.6 Å². The van der Waals surface area contributed by atoms with Crippen LogP contribution in [0, 0.1) is 0 Å². The number of benzene rings is 1. The fourth-order valence-corrected chi connectivity index (χ4v) is 4.57. The van der Waals surface area contributed by atoms with Crippen molar-refractivity contribution in [3.63, 3.8) is 0 Å². The molecule has 2 saturated heterocycles. The number of carbonyl (C=O) groups is 3. The van der Waals surface area contributed by atoms with Crippen molar-refractivity contribution in [2.75, 3.05) is 39.3 Å². The summed E-state index contributed by atoms with van der Waals surface area (Å²) < 4.78 is 0. The first-order valence-electron chi connectivity index (χ1n) is 10.5. The fraction of sp³-hybridized carbons (Fsp3) is 0.500. The van der Waals surface area contributed by atoms with Gasteiger partial charge in [-0.25, -0.2) is 4.79 Å². The summed E-state index contributed by atoms with van der Waals surface area (Å²) in [4.78, 5) is 42.0. The van der Waals surface area contributed by atoms with Crippen molar-refractivity contribution >= 4 is 23.9 Å². The largest absolute Gasteiger partial charge is 0.330 e. The molecule has 1 aromatic rings. The highest BCUT2D eigenvalue weighted by Gasteiger charge is 2.52. The Kier molecular flexibility index (Phi) is 5.67. The molecule has 1 aromatic carbocycles. The van der Waals surface area contributed by atoms with E-state index in [4.69, 9.17) is 0 Å². The Morgan fingerprint density at radius 3 is 2.48 bits per heavy atom. The van der Waals surface area contributed by atoms with Gasteiger partial charge in [-0.2, -0.15) is 0 Å². The smallest absolute Gasteiger partial charge is 0.325 e. The molecule has 0 atom stereocenters. The maximum absolute atomic E-state index is 12.7. The first kappa shape index (κ1) is 19.6. The lowest BCUT2D eigenvalue weighted by Gasteiger charge is -2.32. The normalized spacial score (nSPS) is 22.1. The van der Waals surface area contributed by atoms with Gasteiger partial charge in [0.25, 0.3) is 5.91 Å². The minimum absolute atomic E-state index is 0.137. The second kappa shape index (κ2) is 8.37. The first-order chi connectivity index (χ1) is 14.1. The molecule has 154 valence electrons. The molecule has 2 heterocycles. The number of quaternary nitrogens is 1. The standard InChI is InChI=1S/C22H28N4O3/c27-19(17-26-20(28)22(23-21(26)29)10-4-5-11-22)25-15-13-24(14-16-25)12-6-9-18-7-2-1-3-8-18/h1-3,6-9H,4-5,10-17H2,(H,23,29)/p+1/b9-6+. The van der Waals surface area contributed by atoms with Crippen LogP contribution in [0.2, 0.25) is 0 Å². The number of nitrogens with zero attached hydrogens (tertiary/aromatic N) is 2. The molecule has 2 aliphatic heterocycles. The van der Waals surface area contributed by atoms with Crippen LogP contribution in [-0.4, -0.2) is 72.5 Å². The molecule has 1 aliphatic carbocycles. The van der Waals surface area contributed by atoms with Gasteiger partial charge in [0.2, 0.25) is 5.91 Å².